The normalized spacial score (nSPS) is 10.5. The lowest BCUT2D eigenvalue weighted by Gasteiger charge is -2.05. The van der Waals surface area contributed by atoms with Gasteiger partial charge in [0.2, 0.25) is 0 Å². The van der Waals surface area contributed by atoms with Gasteiger partial charge in [-0.15, -0.1) is 11.3 Å². The Kier molecular flexibility index (Phi) is 6.35. The molecule has 0 fully saturated rings. The van der Waals surface area contributed by atoms with E-state index in [4.69, 9.17) is 5.73 Å². The first kappa shape index (κ1) is 17.2. The van der Waals surface area contributed by atoms with Gasteiger partial charge in [-0.1, -0.05) is 6.92 Å². The van der Waals surface area contributed by atoms with Crippen LogP contribution in [0.5, 0.6) is 0 Å². The Hall–Kier alpha value is -1.90. The van der Waals surface area contributed by atoms with Crippen molar-refractivity contribution in [2.24, 2.45) is 0 Å². The van der Waals surface area contributed by atoms with Crippen LogP contribution in [-0.2, 0) is 4.74 Å². The third kappa shape index (κ3) is 4.28. The van der Waals surface area contributed by atoms with E-state index in [2.05, 4.69) is 15.4 Å². The summed E-state index contributed by atoms with van der Waals surface area (Å²) in [5, 5.41) is 5.12. The molecule has 1 aromatic rings. The van der Waals surface area contributed by atoms with Crippen molar-refractivity contribution in [1.29, 1.82) is 0 Å². The molecule has 0 bridgehead atoms. The molecule has 0 radical (unpaired) electrons. The van der Waals surface area contributed by atoms with Crippen LogP contribution < -0.4 is 16.4 Å². The minimum atomic E-state index is -2.60. The van der Waals surface area contributed by atoms with Gasteiger partial charge >= 0.3 is 5.97 Å². The van der Waals surface area contributed by atoms with Crippen molar-refractivity contribution in [3.05, 3.63) is 10.4 Å². The van der Waals surface area contributed by atoms with E-state index in [1.165, 1.54) is 0 Å². The fraction of sp³-hybridized carbons (Fsp3) is 0.500. The lowest BCUT2D eigenvalue weighted by atomic mass is 10.2. The third-order valence-electron chi connectivity index (χ3n) is 2.49. The van der Waals surface area contributed by atoms with Gasteiger partial charge in [-0.05, 0) is 6.42 Å². The van der Waals surface area contributed by atoms with Gasteiger partial charge < -0.3 is 21.1 Å². The summed E-state index contributed by atoms with van der Waals surface area (Å²) >= 11 is 0.848. The standard InChI is InChI=1S/C12H17F2N3O3S/c1-3-4-16-10(18)9-8(15)7(12(19)20-2)11(21-9)17-5-6(13)14/h6,17H,3-5,15H2,1-2H3,(H,16,18). The minimum absolute atomic E-state index is 0.0720. The number of anilines is 2. The van der Waals surface area contributed by atoms with E-state index >= 15 is 0 Å². The molecular formula is C12H17F2N3O3S. The van der Waals surface area contributed by atoms with Crippen molar-refractivity contribution >= 4 is 33.9 Å². The highest BCUT2D eigenvalue weighted by molar-refractivity contribution is 7.19. The number of methoxy groups -OCH3 is 1. The number of thiophene rings is 1. The molecule has 0 aliphatic carbocycles. The van der Waals surface area contributed by atoms with Gasteiger partial charge in [-0.2, -0.15) is 0 Å². The minimum Gasteiger partial charge on any atom is -0.465 e. The monoisotopic (exact) mass is 321 g/mol. The van der Waals surface area contributed by atoms with E-state index in [-0.39, 0.29) is 21.1 Å². The molecular weight excluding hydrogens is 304 g/mol. The second kappa shape index (κ2) is 7.77. The number of amides is 1. The van der Waals surface area contributed by atoms with Gasteiger partial charge in [0.15, 0.2) is 0 Å². The number of halogens is 2. The number of carbonyl (C=O) groups is 2. The van der Waals surface area contributed by atoms with Crippen LogP contribution in [0, 0.1) is 0 Å². The van der Waals surface area contributed by atoms with Crippen molar-refractivity contribution in [2.75, 3.05) is 31.2 Å². The van der Waals surface area contributed by atoms with Crippen LogP contribution in [0.3, 0.4) is 0 Å². The highest BCUT2D eigenvalue weighted by Crippen LogP contribution is 2.36. The molecule has 0 unspecified atom stereocenters. The molecule has 21 heavy (non-hydrogen) atoms. The lowest BCUT2D eigenvalue weighted by Crippen LogP contribution is -2.24. The summed E-state index contributed by atoms with van der Waals surface area (Å²) in [6, 6.07) is 0. The van der Waals surface area contributed by atoms with Gasteiger partial charge in [0, 0.05) is 6.54 Å². The van der Waals surface area contributed by atoms with Crippen LogP contribution in [-0.4, -0.2) is 38.5 Å². The van der Waals surface area contributed by atoms with Crippen LogP contribution in [0.4, 0.5) is 19.5 Å². The highest BCUT2D eigenvalue weighted by Gasteiger charge is 2.26. The number of hydrogen-bond acceptors (Lipinski definition) is 6. The number of nitrogens with one attached hydrogen (secondary N) is 2. The zero-order valence-electron chi connectivity index (χ0n) is 11.7. The number of rotatable bonds is 7. The first-order chi connectivity index (χ1) is 9.92. The Morgan fingerprint density at radius 1 is 1.43 bits per heavy atom. The SMILES string of the molecule is CCCNC(=O)c1sc(NCC(F)F)c(C(=O)OC)c1N. The Labute approximate surface area is 124 Å². The van der Waals surface area contributed by atoms with Crippen LogP contribution in [0.2, 0.25) is 0 Å². The predicted octanol–water partition coefficient (Wildman–Crippen LogP) is 1.93. The number of ether oxygens (including phenoxy) is 1. The number of esters is 1. The quantitative estimate of drug-likeness (QED) is 0.667. The van der Waals surface area contributed by atoms with Crippen molar-refractivity contribution in [2.45, 2.75) is 19.8 Å². The Morgan fingerprint density at radius 2 is 2.10 bits per heavy atom. The number of nitrogens with two attached hydrogens (primary N) is 1. The van der Waals surface area contributed by atoms with Gasteiger partial charge in [-0.25, -0.2) is 13.6 Å². The Morgan fingerprint density at radius 3 is 2.62 bits per heavy atom. The second-order valence-electron chi connectivity index (χ2n) is 4.07. The van der Waals surface area contributed by atoms with Gasteiger partial charge in [0.1, 0.15) is 15.4 Å². The number of alkyl halides is 2. The number of carbonyl (C=O) groups excluding carboxylic acids is 2. The van der Waals surface area contributed by atoms with E-state index in [1.54, 1.807) is 0 Å². The molecule has 9 heteroatoms. The fourth-order valence-electron chi connectivity index (χ4n) is 1.53. The van der Waals surface area contributed by atoms with Crippen LogP contribution in [0.25, 0.3) is 0 Å². The van der Waals surface area contributed by atoms with E-state index < -0.39 is 24.8 Å². The molecule has 0 saturated carbocycles. The molecule has 0 spiro atoms. The molecule has 1 aromatic heterocycles. The third-order valence-corrected chi connectivity index (χ3v) is 3.66. The highest BCUT2D eigenvalue weighted by atomic mass is 32.1. The van der Waals surface area contributed by atoms with Crippen molar-refractivity contribution in [3.63, 3.8) is 0 Å². The summed E-state index contributed by atoms with van der Waals surface area (Å²) < 4.78 is 29.1. The summed E-state index contributed by atoms with van der Waals surface area (Å²) in [4.78, 5) is 23.7. The smallest absolute Gasteiger partial charge is 0.343 e. The van der Waals surface area contributed by atoms with E-state index in [0.717, 1.165) is 24.9 Å². The molecule has 6 nitrogen and oxygen atoms in total. The first-order valence-corrected chi connectivity index (χ1v) is 7.04. The van der Waals surface area contributed by atoms with Crippen LogP contribution >= 0.6 is 11.3 Å². The number of nitrogen functional groups attached to an aromatic ring is 1. The van der Waals surface area contributed by atoms with E-state index in [9.17, 15) is 18.4 Å². The van der Waals surface area contributed by atoms with Crippen molar-refractivity contribution < 1.29 is 23.1 Å². The first-order valence-electron chi connectivity index (χ1n) is 6.23. The van der Waals surface area contributed by atoms with Crippen LogP contribution in [0.1, 0.15) is 33.4 Å². The topological polar surface area (TPSA) is 93.5 Å². The molecule has 0 aliphatic rings. The van der Waals surface area contributed by atoms with Crippen LogP contribution in [0.15, 0.2) is 0 Å². The molecule has 0 aliphatic heterocycles. The van der Waals surface area contributed by atoms with Gasteiger partial charge in [0.05, 0.1) is 19.3 Å². The van der Waals surface area contributed by atoms with E-state index in [1.807, 2.05) is 6.92 Å². The zero-order valence-corrected chi connectivity index (χ0v) is 12.5. The largest absolute Gasteiger partial charge is 0.465 e. The predicted molar refractivity (Wildman–Crippen MR) is 77.2 cm³/mol. The molecule has 0 aromatic carbocycles. The molecule has 0 saturated heterocycles. The van der Waals surface area contributed by atoms with E-state index in [0.29, 0.717) is 6.54 Å². The molecule has 1 amide bonds. The average Bonchev–Trinajstić information content (AvgIpc) is 2.78. The summed E-state index contributed by atoms with van der Waals surface area (Å²) in [6.07, 6.45) is -1.87. The Balaban J connectivity index is 3.10. The van der Waals surface area contributed by atoms with Crippen molar-refractivity contribution in [1.82, 2.24) is 5.32 Å². The van der Waals surface area contributed by atoms with Gasteiger partial charge in [-0.3, -0.25) is 4.79 Å². The maximum atomic E-state index is 12.3. The fourth-order valence-corrected chi connectivity index (χ4v) is 2.56. The maximum absolute atomic E-state index is 12.3. The maximum Gasteiger partial charge on any atom is 0.343 e. The van der Waals surface area contributed by atoms with Gasteiger partial charge in [0.25, 0.3) is 12.3 Å². The lowest BCUT2D eigenvalue weighted by molar-refractivity contribution is 0.0603. The summed E-state index contributed by atoms with van der Waals surface area (Å²) in [5.41, 5.74) is 5.62. The molecule has 1 rings (SSSR count). The molecule has 1 heterocycles. The average molecular weight is 321 g/mol. The second-order valence-corrected chi connectivity index (χ2v) is 5.09. The summed E-state index contributed by atoms with van der Waals surface area (Å²) in [6.45, 7) is 1.68. The number of hydrogen-bond donors (Lipinski definition) is 3. The summed E-state index contributed by atoms with van der Waals surface area (Å²) in [5.74, 6) is -1.23. The molecule has 4 N–H and O–H groups in total. The Bertz CT molecular complexity index is 520. The molecule has 0 atom stereocenters. The molecule has 118 valence electrons. The zero-order chi connectivity index (χ0) is 16.0. The summed E-state index contributed by atoms with van der Waals surface area (Å²) in [7, 11) is 1.15. The van der Waals surface area contributed by atoms with Crippen molar-refractivity contribution in [3.8, 4) is 0 Å².